The van der Waals surface area contributed by atoms with Crippen LogP contribution in [0.25, 0.3) is 11.0 Å². The van der Waals surface area contributed by atoms with Crippen molar-refractivity contribution in [2.24, 2.45) is 5.41 Å². The summed E-state index contributed by atoms with van der Waals surface area (Å²) in [4.78, 5) is 12.3. The number of aliphatic hydroxyl groups excluding tert-OH is 1. The fourth-order valence-electron chi connectivity index (χ4n) is 6.30. The second-order valence-corrected chi connectivity index (χ2v) is 12.6. The lowest BCUT2D eigenvalue weighted by atomic mass is 9.93. The van der Waals surface area contributed by atoms with E-state index in [0.29, 0.717) is 36.5 Å². The molecule has 7 nitrogen and oxygen atoms in total. The van der Waals surface area contributed by atoms with Gasteiger partial charge in [0.15, 0.2) is 0 Å². The van der Waals surface area contributed by atoms with Gasteiger partial charge < -0.3 is 19.1 Å². The Morgan fingerprint density at radius 1 is 1.02 bits per heavy atom. The fraction of sp³-hybridized carbons (Fsp3) is 0.471. The summed E-state index contributed by atoms with van der Waals surface area (Å²) in [5.41, 5.74) is 6.00. The number of pyridine rings is 1. The van der Waals surface area contributed by atoms with Gasteiger partial charge >= 0.3 is 0 Å². The van der Waals surface area contributed by atoms with Crippen molar-refractivity contribution in [2.75, 3.05) is 32.9 Å². The van der Waals surface area contributed by atoms with E-state index in [2.05, 4.69) is 40.7 Å². The molecule has 8 heteroatoms. The second kappa shape index (κ2) is 11.4. The molecular formula is C34H39FN4O3. The molecule has 0 radical (unpaired) electrons. The van der Waals surface area contributed by atoms with Gasteiger partial charge in [-0.2, -0.15) is 0 Å². The number of imidazole rings is 1. The Morgan fingerprint density at radius 3 is 2.57 bits per heavy atom. The van der Waals surface area contributed by atoms with Gasteiger partial charge in [0.05, 0.1) is 37.4 Å². The number of ether oxygens (including phenoxy) is 2. The van der Waals surface area contributed by atoms with Crippen molar-refractivity contribution in [2.45, 2.75) is 64.1 Å². The lowest BCUT2D eigenvalue weighted by Crippen LogP contribution is -2.34. The number of likely N-dealkylation sites (tertiary alicyclic amines) is 1. The average Bonchev–Trinajstić information content (AvgIpc) is 3.68. The molecule has 42 heavy (non-hydrogen) atoms. The van der Waals surface area contributed by atoms with Crippen molar-refractivity contribution in [3.05, 3.63) is 88.6 Å². The summed E-state index contributed by atoms with van der Waals surface area (Å²) in [5, 5.41) is 10.0. The number of nitrogens with zero attached hydrogens (tertiary/aromatic N) is 4. The summed E-state index contributed by atoms with van der Waals surface area (Å²) < 4.78 is 28.2. The van der Waals surface area contributed by atoms with Gasteiger partial charge in [0, 0.05) is 41.1 Å². The molecule has 4 heterocycles. The van der Waals surface area contributed by atoms with Gasteiger partial charge in [-0.25, -0.2) is 14.4 Å². The molecule has 1 aliphatic carbocycles. The number of rotatable bonds is 10. The Bertz CT molecular complexity index is 1570. The van der Waals surface area contributed by atoms with Crippen LogP contribution in [0.3, 0.4) is 0 Å². The number of aliphatic hydroxyl groups is 1. The number of fused-ring (bicyclic) bond motifs is 1. The van der Waals surface area contributed by atoms with E-state index in [9.17, 15) is 9.50 Å². The molecule has 2 aromatic heterocycles. The van der Waals surface area contributed by atoms with Crippen LogP contribution in [0.2, 0.25) is 0 Å². The first kappa shape index (κ1) is 27.5. The van der Waals surface area contributed by atoms with Crippen molar-refractivity contribution in [3.63, 3.8) is 0 Å². The quantitative estimate of drug-likeness (QED) is 0.263. The zero-order valence-electron chi connectivity index (χ0n) is 24.3. The highest BCUT2D eigenvalue weighted by Gasteiger charge is 2.43. The lowest BCUT2D eigenvalue weighted by molar-refractivity contribution is 0.00830. The Kier molecular flexibility index (Phi) is 7.46. The van der Waals surface area contributed by atoms with E-state index in [-0.39, 0.29) is 24.4 Å². The third kappa shape index (κ3) is 5.68. The highest BCUT2D eigenvalue weighted by molar-refractivity contribution is 5.77. The predicted octanol–water partition coefficient (Wildman–Crippen LogP) is 5.72. The van der Waals surface area contributed by atoms with Gasteiger partial charge in [-0.15, -0.1) is 0 Å². The summed E-state index contributed by atoms with van der Waals surface area (Å²) in [5.74, 6) is 2.04. The van der Waals surface area contributed by atoms with Gasteiger partial charge in [0.25, 0.3) is 0 Å². The topological polar surface area (TPSA) is 72.6 Å². The smallest absolute Gasteiger partial charge is 0.213 e. The van der Waals surface area contributed by atoms with Gasteiger partial charge in [-0.3, -0.25) is 4.90 Å². The highest BCUT2D eigenvalue weighted by atomic mass is 19.1. The Balaban J connectivity index is 0.980. The first-order valence-corrected chi connectivity index (χ1v) is 15.2. The molecule has 0 atom stereocenters. The van der Waals surface area contributed by atoms with Crippen molar-refractivity contribution in [3.8, 4) is 5.88 Å². The lowest BCUT2D eigenvalue weighted by Gasteiger charge is -2.31. The Morgan fingerprint density at radius 2 is 1.86 bits per heavy atom. The molecule has 0 amide bonds. The molecule has 2 aromatic carbocycles. The van der Waals surface area contributed by atoms with E-state index in [1.807, 2.05) is 24.3 Å². The number of halogens is 1. The summed E-state index contributed by atoms with van der Waals surface area (Å²) >= 11 is 0. The monoisotopic (exact) mass is 570 g/mol. The normalized spacial score (nSPS) is 19.2. The third-order valence-corrected chi connectivity index (χ3v) is 9.45. The molecule has 7 rings (SSSR count). The zero-order chi connectivity index (χ0) is 28.7. The highest BCUT2D eigenvalue weighted by Crippen LogP contribution is 2.47. The minimum Gasteiger partial charge on any atom is -0.473 e. The molecule has 3 fully saturated rings. The molecule has 2 aliphatic heterocycles. The molecule has 1 N–H and O–H groups in total. The SMILES string of the molecule is Cc1ccc2nc(CN3CCC(c4cccc(OCc5ccc(C6COC6)cc5F)n4)CC3)n(CC3(CO)CC3)c2c1. The molecule has 0 spiro atoms. The summed E-state index contributed by atoms with van der Waals surface area (Å²) in [6.45, 7) is 7.40. The summed E-state index contributed by atoms with van der Waals surface area (Å²) in [6.07, 6.45) is 4.18. The largest absolute Gasteiger partial charge is 0.473 e. The van der Waals surface area contributed by atoms with Crippen LogP contribution in [0.4, 0.5) is 4.39 Å². The maximum atomic E-state index is 14.7. The third-order valence-electron chi connectivity index (χ3n) is 9.45. The number of hydrogen-bond acceptors (Lipinski definition) is 6. The van der Waals surface area contributed by atoms with Gasteiger partial charge in [-0.1, -0.05) is 24.3 Å². The maximum absolute atomic E-state index is 14.7. The number of aryl methyl sites for hydroxylation is 1. The molecule has 2 saturated heterocycles. The second-order valence-electron chi connectivity index (χ2n) is 12.6. The van der Waals surface area contributed by atoms with Crippen molar-refractivity contribution in [1.29, 1.82) is 0 Å². The molecular weight excluding hydrogens is 531 g/mol. The van der Waals surface area contributed by atoms with Crippen LogP contribution in [0.15, 0.2) is 54.6 Å². The van der Waals surface area contributed by atoms with Gasteiger partial charge in [0.2, 0.25) is 5.88 Å². The standard InChI is InChI=1S/C34H39FN4O3/c1-23-5-8-30-31(15-23)39(21-34(22-40)11-12-34)32(36-30)17-38-13-9-24(10-14-38)29-3-2-4-33(37-29)42-20-26-7-6-25(16-28(26)35)27-18-41-19-27/h2-8,15-16,24,27,40H,9-14,17-22H2,1H3. The fourth-order valence-corrected chi connectivity index (χ4v) is 6.30. The minimum atomic E-state index is -0.241. The van der Waals surface area contributed by atoms with Crippen molar-refractivity contribution < 1.29 is 19.0 Å². The van der Waals surface area contributed by atoms with E-state index in [0.717, 1.165) is 74.5 Å². The minimum absolute atomic E-state index is 0.0125. The summed E-state index contributed by atoms with van der Waals surface area (Å²) in [7, 11) is 0. The van der Waals surface area contributed by atoms with Gasteiger partial charge in [0.1, 0.15) is 18.2 Å². The van der Waals surface area contributed by atoms with E-state index < -0.39 is 0 Å². The molecule has 0 bridgehead atoms. The number of aromatic nitrogens is 3. The Labute approximate surface area is 246 Å². The van der Waals surface area contributed by atoms with Crippen LogP contribution in [0.1, 0.15) is 65.7 Å². The van der Waals surface area contributed by atoms with Crippen LogP contribution in [-0.4, -0.2) is 57.5 Å². The predicted molar refractivity (Wildman–Crippen MR) is 159 cm³/mol. The average molecular weight is 571 g/mol. The number of benzene rings is 2. The maximum Gasteiger partial charge on any atom is 0.213 e. The van der Waals surface area contributed by atoms with Crippen LogP contribution >= 0.6 is 0 Å². The zero-order valence-corrected chi connectivity index (χ0v) is 24.3. The van der Waals surface area contributed by atoms with Crippen molar-refractivity contribution in [1.82, 2.24) is 19.4 Å². The van der Waals surface area contributed by atoms with Crippen LogP contribution in [-0.2, 0) is 24.4 Å². The van der Waals surface area contributed by atoms with Crippen molar-refractivity contribution >= 4 is 11.0 Å². The van der Waals surface area contributed by atoms with E-state index >= 15 is 0 Å². The molecule has 1 saturated carbocycles. The molecule has 3 aliphatic rings. The van der Waals surface area contributed by atoms with Gasteiger partial charge in [-0.05, 0) is 81.1 Å². The molecule has 4 aromatic rings. The van der Waals surface area contributed by atoms with E-state index in [1.54, 1.807) is 6.07 Å². The Hall–Kier alpha value is -3.33. The first-order valence-electron chi connectivity index (χ1n) is 15.2. The summed E-state index contributed by atoms with van der Waals surface area (Å²) in [6, 6.07) is 17.8. The first-order chi connectivity index (χ1) is 20.5. The van der Waals surface area contributed by atoms with Crippen LogP contribution in [0, 0.1) is 18.2 Å². The number of hydrogen-bond donors (Lipinski definition) is 1. The van der Waals surface area contributed by atoms with Crippen LogP contribution in [0.5, 0.6) is 5.88 Å². The van der Waals surface area contributed by atoms with Crippen LogP contribution < -0.4 is 4.74 Å². The molecule has 220 valence electrons. The molecule has 0 unspecified atom stereocenters. The van der Waals surface area contributed by atoms with E-state index in [4.69, 9.17) is 19.4 Å². The van der Waals surface area contributed by atoms with E-state index in [1.165, 1.54) is 11.1 Å². The number of piperidine rings is 1.